The van der Waals surface area contributed by atoms with Crippen LogP contribution in [-0.2, 0) is 4.79 Å². The van der Waals surface area contributed by atoms with Gasteiger partial charge in [-0.1, -0.05) is 29.3 Å². The zero-order chi connectivity index (χ0) is 13.4. The molecule has 1 atom stereocenters. The summed E-state index contributed by atoms with van der Waals surface area (Å²) in [6.45, 7) is 0. The molecule has 0 saturated carbocycles. The van der Waals surface area contributed by atoms with Crippen LogP contribution in [0.3, 0.4) is 0 Å². The van der Waals surface area contributed by atoms with Crippen LogP contribution in [0.2, 0.25) is 10.0 Å². The lowest BCUT2D eigenvalue weighted by Gasteiger charge is -2.13. The Bertz CT molecular complexity index is 658. The van der Waals surface area contributed by atoms with Gasteiger partial charge in [0.1, 0.15) is 6.04 Å². The summed E-state index contributed by atoms with van der Waals surface area (Å²) in [5.41, 5.74) is 2.42. The summed E-state index contributed by atoms with van der Waals surface area (Å²) >= 11 is 11.9. The molecule has 1 amide bonds. The largest absolute Gasteiger partial charge is 0.370 e. The Morgan fingerprint density at radius 3 is 2.63 bits per heavy atom. The molecule has 3 nitrogen and oxygen atoms in total. The molecule has 3 rings (SSSR count). The number of carbonyl (C=O) groups is 1. The molecule has 0 aliphatic carbocycles. The second kappa shape index (κ2) is 4.76. The number of carbonyl (C=O) groups excluding carboxylic acids is 1. The van der Waals surface area contributed by atoms with Crippen LogP contribution in [0.4, 0.5) is 11.4 Å². The average molecular weight is 293 g/mol. The van der Waals surface area contributed by atoms with Gasteiger partial charge in [0.15, 0.2) is 0 Å². The lowest BCUT2D eigenvalue weighted by molar-refractivity contribution is -0.116. The first-order valence-corrected chi connectivity index (χ1v) is 6.51. The summed E-state index contributed by atoms with van der Waals surface area (Å²) in [6, 6.07) is 12.1. The third kappa shape index (κ3) is 2.39. The number of amides is 1. The van der Waals surface area contributed by atoms with Crippen LogP contribution in [0.15, 0.2) is 42.5 Å². The van der Waals surface area contributed by atoms with Crippen molar-refractivity contribution in [2.45, 2.75) is 6.04 Å². The van der Waals surface area contributed by atoms with E-state index in [0.29, 0.717) is 10.0 Å². The molecule has 19 heavy (non-hydrogen) atoms. The number of hydrogen-bond donors (Lipinski definition) is 2. The van der Waals surface area contributed by atoms with E-state index in [2.05, 4.69) is 10.6 Å². The van der Waals surface area contributed by atoms with E-state index in [1.807, 2.05) is 12.1 Å². The fourth-order valence-corrected chi connectivity index (χ4v) is 2.49. The summed E-state index contributed by atoms with van der Waals surface area (Å²) < 4.78 is 0. The normalized spacial score (nSPS) is 16.9. The zero-order valence-corrected chi connectivity index (χ0v) is 11.3. The van der Waals surface area contributed by atoms with Crippen LogP contribution in [0.25, 0.3) is 0 Å². The molecule has 2 aromatic rings. The highest BCUT2D eigenvalue weighted by molar-refractivity contribution is 6.31. The van der Waals surface area contributed by atoms with Gasteiger partial charge in [0.2, 0.25) is 0 Å². The van der Waals surface area contributed by atoms with Crippen molar-refractivity contribution in [3.63, 3.8) is 0 Å². The minimum atomic E-state index is -0.452. The van der Waals surface area contributed by atoms with E-state index in [-0.39, 0.29) is 5.91 Å². The van der Waals surface area contributed by atoms with E-state index in [0.717, 1.165) is 16.9 Å². The number of hydrogen-bond acceptors (Lipinski definition) is 2. The van der Waals surface area contributed by atoms with Gasteiger partial charge in [-0.3, -0.25) is 4.79 Å². The summed E-state index contributed by atoms with van der Waals surface area (Å²) in [7, 11) is 0. The average Bonchev–Trinajstić information content (AvgIpc) is 2.66. The standard InChI is InChI=1S/C14H10Cl2N2O/c15-8-2-1-3-10(6-8)17-13-11-7-9(16)4-5-12(11)18-14(13)19/h1-7,13,17H,(H,18,19). The molecule has 0 spiro atoms. The molecule has 1 aliphatic heterocycles. The fraction of sp³-hybridized carbons (Fsp3) is 0.0714. The third-order valence-electron chi connectivity index (χ3n) is 2.98. The van der Waals surface area contributed by atoms with Crippen molar-refractivity contribution in [2.75, 3.05) is 10.6 Å². The Morgan fingerprint density at radius 1 is 1.05 bits per heavy atom. The maximum absolute atomic E-state index is 12.0. The first-order valence-electron chi connectivity index (χ1n) is 5.76. The van der Waals surface area contributed by atoms with Gasteiger partial charge >= 0.3 is 0 Å². The number of benzene rings is 2. The Kier molecular flexibility index (Phi) is 3.09. The molecule has 5 heteroatoms. The van der Waals surface area contributed by atoms with Crippen LogP contribution < -0.4 is 10.6 Å². The molecule has 1 aliphatic rings. The molecule has 0 radical (unpaired) electrons. The molecule has 2 aromatic carbocycles. The van der Waals surface area contributed by atoms with Gasteiger partial charge in [-0.25, -0.2) is 0 Å². The van der Waals surface area contributed by atoms with Crippen molar-refractivity contribution in [3.8, 4) is 0 Å². The van der Waals surface area contributed by atoms with E-state index in [1.54, 1.807) is 30.3 Å². The molecule has 0 fully saturated rings. The Morgan fingerprint density at radius 2 is 1.84 bits per heavy atom. The predicted molar refractivity (Wildman–Crippen MR) is 77.9 cm³/mol. The molecule has 96 valence electrons. The van der Waals surface area contributed by atoms with Gasteiger partial charge in [0.25, 0.3) is 5.91 Å². The molecular weight excluding hydrogens is 283 g/mol. The molecule has 0 saturated heterocycles. The van der Waals surface area contributed by atoms with Crippen molar-refractivity contribution in [3.05, 3.63) is 58.1 Å². The van der Waals surface area contributed by atoms with Gasteiger partial charge in [-0.05, 0) is 36.4 Å². The van der Waals surface area contributed by atoms with E-state index < -0.39 is 6.04 Å². The highest BCUT2D eigenvalue weighted by Gasteiger charge is 2.30. The zero-order valence-electron chi connectivity index (χ0n) is 9.78. The van der Waals surface area contributed by atoms with Gasteiger partial charge in [-0.15, -0.1) is 0 Å². The first-order chi connectivity index (χ1) is 9.13. The highest BCUT2D eigenvalue weighted by Crippen LogP contribution is 2.35. The molecular formula is C14H10Cl2N2O. The summed E-state index contributed by atoms with van der Waals surface area (Å²) in [4.78, 5) is 12.0. The number of halogens is 2. The van der Waals surface area contributed by atoms with Crippen molar-refractivity contribution in [2.24, 2.45) is 0 Å². The SMILES string of the molecule is O=C1Nc2ccc(Cl)cc2C1Nc1cccc(Cl)c1. The monoisotopic (exact) mass is 292 g/mol. The van der Waals surface area contributed by atoms with Gasteiger partial charge in [0, 0.05) is 27.0 Å². The minimum absolute atomic E-state index is 0.0998. The smallest absolute Gasteiger partial charge is 0.251 e. The van der Waals surface area contributed by atoms with E-state index in [4.69, 9.17) is 23.2 Å². The second-order valence-corrected chi connectivity index (χ2v) is 5.18. The number of fused-ring (bicyclic) bond motifs is 1. The van der Waals surface area contributed by atoms with Crippen molar-refractivity contribution in [1.82, 2.24) is 0 Å². The van der Waals surface area contributed by atoms with E-state index >= 15 is 0 Å². The predicted octanol–water partition coefficient (Wildman–Crippen LogP) is 4.10. The lowest BCUT2D eigenvalue weighted by atomic mass is 10.1. The van der Waals surface area contributed by atoms with Gasteiger partial charge in [0.05, 0.1) is 0 Å². The highest BCUT2D eigenvalue weighted by atomic mass is 35.5. The third-order valence-corrected chi connectivity index (χ3v) is 3.45. The summed E-state index contributed by atoms with van der Waals surface area (Å²) in [5.74, 6) is -0.0998. The van der Waals surface area contributed by atoms with Crippen molar-refractivity contribution < 1.29 is 4.79 Å². The fourth-order valence-electron chi connectivity index (χ4n) is 2.12. The van der Waals surface area contributed by atoms with Crippen LogP contribution in [0, 0.1) is 0 Å². The van der Waals surface area contributed by atoms with Gasteiger partial charge < -0.3 is 10.6 Å². The van der Waals surface area contributed by atoms with E-state index in [9.17, 15) is 4.79 Å². The lowest BCUT2D eigenvalue weighted by Crippen LogP contribution is -2.19. The molecule has 1 unspecified atom stereocenters. The first kappa shape index (κ1) is 12.3. The molecule has 2 N–H and O–H groups in total. The molecule has 1 heterocycles. The second-order valence-electron chi connectivity index (χ2n) is 4.31. The van der Waals surface area contributed by atoms with Crippen LogP contribution >= 0.6 is 23.2 Å². The van der Waals surface area contributed by atoms with Crippen molar-refractivity contribution >= 4 is 40.5 Å². The Balaban J connectivity index is 1.94. The Labute approximate surface area is 120 Å². The summed E-state index contributed by atoms with van der Waals surface area (Å²) in [5, 5.41) is 7.20. The van der Waals surface area contributed by atoms with Crippen molar-refractivity contribution in [1.29, 1.82) is 0 Å². The minimum Gasteiger partial charge on any atom is -0.370 e. The Hall–Kier alpha value is -1.71. The number of rotatable bonds is 2. The molecule has 0 bridgehead atoms. The molecule has 0 aromatic heterocycles. The summed E-state index contributed by atoms with van der Waals surface area (Å²) in [6.07, 6.45) is 0. The van der Waals surface area contributed by atoms with Gasteiger partial charge in [-0.2, -0.15) is 0 Å². The van der Waals surface area contributed by atoms with E-state index in [1.165, 1.54) is 0 Å². The maximum Gasteiger partial charge on any atom is 0.251 e. The van der Waals surface area contributed by atoms with Crippen LogP contribution in [0.5, 0.6) is 0 Å². The quantitative estimate of drug-likeness (QED) is 0.875. The van der Waals surface area contributed by atoms with Crippen LogP contribution in [-0.4, -0.2) is 5.91 Å². The topological polar surface area (TPSA) is 41.1 Å². The van der Waals surface area contributed by atoms with Crippen LogP contribution in [0.1, 0.15) is 11.6 Å². The number of anilines is 2. The number of nitrogens with one attached hydrogen (secondary N) is 2. The maximum atomic E-state index is 12.0.